The number of hydrogen-bond donors (Lipinski definition) is 0. The summed E-state index contributed by atoms with van der Waals surface area (Å²) in [6, 6.07) is 7.21. The van der Waals surface area contributed by atoms with E-state index in [-0.39, 0.29) is 28.4 Å². The molecule has 0 radical (unpaired) electrons. The van der Waals surface area contributed by atoms with E-state index < -0.39 is 15.6 Å². The molecule has 0 aliphatic heterocycles. The molecule has 2 aromatic carbocycles. The third-order valence-electron chi connectivity index (χ3n) is 2.93. The summed E-state index contributed by atoms with van der Waals surface area (Å²) in [6.07, 6.45) is 1.06. The fourth-order valence-corrected chi connectivity index (χ4v) is 1.78. The Morgan fingerprint density at radius 1 is 1.09 bits per heavy atom. The molecule has 0 N–H and O–H groups in total. The highest BCUT2D eigenvalue weighted by atomic mass is 16.6. The molecule has 0 amide bonds. The summed E-state index contributed by atoms with van der Waals surface area (Å²) in [5.41, 5.74) is -0.611. The van der Waals surface area contributed by atoms with Gasteiger partial charge in [-0.25, -0.2) is 4.99 Å². The fourth-order valence-electron chi connectivity index (χ4n) is 1.78. The van der Waals surface area contributed by atoms with Crippen LogP contribution in [-0.2, 0) is 0 Å². The molecule has 0 aliphatic carbocycles. The zero-order chi connectivity index (χ0) is 17.0. The highest BCUT2D eigenvalue weighted by Gasteiger charge is 2.14. The van der Waals surface area contributed by atoms with Crippen molar-refractivity contribution in [2.24, 2.45) is 4.99 Å². The van der Waals surface area contributed by atoms with Crippen molar-refractivity contribution in [2.75, 3.05) is 7.11 Å². The molecule has 9 heteroatoms. The summed E-state index contributed by atoms with van der Waals surface area (Å²) >= 11 is 0. The van der Waals surface area contributed by atoms with Crippen molar-refractivity contribution in [3.05, 3.63) is 62.2 Å². The van der Waals surface area contributed by atoms with Crippen molar-refractivity contribution < 1.29 is 19.7 Å². The van der Waals surface area contributed by atoms with E-state index >= 15 is 0 Å². The van der Waals surface area contributed by atoms with Crippen molar-refractivity contribution in [1.29, 1.82) is 0 Å². The zero-order valence-electron chi connectivity index (χ0n) is 11.8. The van der Waals surface area contributed by atoms with Gasteiger partial charge in [-0.1, -0.05) is 11.8 Å². The van der Waals surface area contributed by atoms with E-state index in [2.05, 4.69) is 4.99 Å². The number of non-ortho nitro benzene ring substituents is 1. The molecule has 23 heavy (non-hydrogen) atoms. The number of ether oxygens (including phenoxy) is 1. The van der Waals surface area contributed by atoms with E-state index in [4.69, 9.17) is 4.74 Å². The van der Waals surface area contributed by atoms with E-state index in [0.717, 1.165) is 24.4 Å². The van der Waals surface area contributed by atoms with E-state index in [1.807, 2.05) is 0 Å². The summed E-state index contributed by atoms with van der Waals surface area (Å²) in [6.45, 7) is 0. The van der Waals surface area contributed by atoms with Gasteiger partial charge in [-0.3, -0.25) is 20.2 Å². The Kier molecular flexibility index (Phi) is 4.50. The average molecular weight is 316 g/mol. The van der Waals surface area contributed by atoms with Gasteiger partial charge in [0, 0.05) is 18.3 Å². The number of rotatable bonds is 5. The van der Waals surface area contributed by atoms with Crippen LogP contribution in [0.25, 0.3) is 0 Å². The minimum absolute atomic E-state index is 0.00158. The van der Waals surface area contributed by atoms with Crippen LogP contribution >= 0.6 is 0 Å². The molecule has 0 fully saturated rings. The molecule has 0 atom stereocenters. The van der Waals surface area contributed by atoms with Crippen LogP contribution < -0.4 is 9.84 Å². The quantitative estimate of drug-likeness (QED) is 0.472. The van der Waals surface area contributed by atoms with Crippen LogP contribution in [0.4, 0.5) is 17.1 Å². The first kappa shape index (κ1) is 15.9. The molecule has 9 nitrogen and oxygen atoms in total. The Balaban J connectivity index is 2.42. The van der Waals surface area contributed by atoms with Gasteiger partial charge in [0.05, 0.1) is 23.0 Å². The van der Waals surface area contributed by atoms with E-state index in [1.165, 1.54) is 25.3 Å². The second-order valence-corrected chi connectivity index (χ2v) is 4.35. The Bertz CT molecular complexity index is 803. The van der Waals surface area contributed by atoms with Crippen LogP contribution in [0.1, 0.15) is 5.56 Å². The second kappa shape index (κ2) is 6.52. The highest BCUT2D eigenvalue weighted by Crippen LogP contribution is 2.31. The van der Waals surface area contributed by atoms with Crippen LogP contribution in [0, 0.1) is 20.2 Å². The molecule has 118 valence electrons. The minimum Gasteiger partial charge on any atom is -0.872 e. The van der Waals surface area contributed by atoms with Crippen LogP contribution in [0.3, 0.4) is 0 Å². The Labute approximate surface area is 129 Å². The molecule has 0 saturated heterocycles. The largest absolute Gasteiger partial charge is 0.872 e. The predicted octanol–water partition coefficient (Wildman–Crippen LogP) is 2.34. The maximum Gasteiger partial charge on any atom is 0.298 e. The lowest BCUT2D eigenvalue weighted by Gasteiger charge is -2.08. The zero-order valence-corrected chi connectivity index (χ0v) is 11.8. The Hall–Kier alpha value is -3.49. The third-order valence-corrected chi connectivity index (χ3v) is 2.93. The summed E-state index contributed by atoms with van der Waals surface area (Å²) in [5, 5.41) is 33.4. The summed E-state index contributed by atoms with van der Waals surface area (Å²) in [4.78, 5) is 24.4. The van der Waals surface area contributed by atoms with E-state index in [0.29, 0.717) is 0 Å². The Morgan fingerprint density at radius 3 is 2.43 bits per heavy atom. The van der Waals surface area contributed by atoms with Gasteiger partial charge in [0.1, 0.15) is 11.4 Å². The van der Waals surface area contributed by atoms with Crippen LogP contribution in [0.2, 0.25) is 0 Å². The predicted molar refractivity (Wildman–Crippen MR) is 79.4 cm³/mol. The molecule has 0 unspecified atom stereocenters. The topological polar surface area (TPSA) is 131 Å². The maximum atomic E-state index is 11.7. The van der Waals surface area contributed by atoms with Crippen molar-refractivity contribution in [3.8, 4) is 11.5 Å². The van der Waals surface area contributed by atoms with Gasteiger partial charge >= 0.3 is 0 Å². The highest BCUT2D eigenvalue weighted by molar-refractivity contribution is 5.87. The lowest BCUT2D eigenvalue weighted by molar-refractivity contribution is -0.385. The molecule has 0 aliphatic rings. The van der Waals surface area contributed by atoms with Crippen LogP contribution in [0.15, 0.2) is 41.4 Å². The summed E-state index contributed by atoms with van der Waals surface area (Å²) < 4.78 is 4.90. The first-order valence-electron chi connectivity index (χ1n) is 6.24. The summed E-state index contributed by atoms with van der Waals surface area (Å²) in [7, 11) is 1.37. The molecule has 2 aromatic rings. The number of nitrogens with zero attached hydrogens (tertiary/aromatic N) is 3. The van der Waals surface area contributed by atoms with Gasteiger partial charge in [0.25, 0.3) is 11.4 Å². The van der Waals surface area contributed by atoms with Crippen LogP contribution in [0.5, 0.6) is 11.5 Å². The molecule has 0 bridgehead atoms. The molecular weight excluding hydrogens is 306 g/mol. The Morgan fingerprint density at radius 2 is 1.83 bits per heavy atom. The number of nitro groups is 2. The number of hydrogen-bond acceptors (Lipinski definition) is 7. The number of benzene rings is 2. The normalized spacial score (nSPS) is 10.7. The monoisotopic (exact) mass is 316 g/mol. The second-order valence-electron chi connectivity index (χ2n) is 4.35. The molecule has 0 heterocycles. The van der Waals surface area contributed by atoms with Crippen molar-refractivity contribution in [2.45, 2.75) is 0 Å². The van der Waals surface area contributed by atoms with Gasteiger partial charge < -0.3 is 9.84 Å². The van der Waals surface area contributed by atoms with E-state index in [9.17, 15) is 25.3 Å². The lowest BCUT2D eigenvalue weighted by Crippen LogP contribution is -1.98. The van der Waals surface area contributed by atoms with Crippen molar-refractivity contribution in [3.63, 3.8) is 0 Å². The molecule has 2 rings (SSSR count). The van der Waals surface area contributed by atoms with Gasteiger partial charge in [-0.15, -0.1) is 0 Å². The van der Waals surface area contributed by atoms with E-state index in [1.54, 1.807) is 0 Å². The van der Waals surface area contributed by atoms with Crippen molar-refractivity contribution in [1.82, 2.24) is 0 Å². The van der Waals surface area contributed by atoms with Crippen molar-refractivity contribution >= 4 is 23.3 Å². The number of aliphatic imine (C=N–C) groups is 1. The van der Waals surface area contributed by atoms with Gasteiger partial charge in [0.2, 0.25) is 0 Å². The number of methoxy groups -OCH3 is 1. The minimum atomic E-state index is -0.646. The maximum absolute atomic E-state index is 11.7. The first-order valence-corrected chi connectivity index (χ1v) is 6.24. The SMILES string of the molecule is COc1ccc(N=Cc2cc([N+](=O)[O-])ccc2[O-])c([N+](=O)[O-])c1. The third kappa shape index (κ3) is 3.59. The average Bonchev–Trinajstić information content (AvgIpc) is 2.53. The first-order chi connectivity index (χ1) is 10.9. The standard InChI is InChI=1S/C14H11N3O6/c1-23-11-3-4-12(13(7-11)17(21)22)15-8-9-6-10(16(19)20)2-5-14(9)18/h2-8,18H,1H3/p-1. The molecule has 0 saturated carbocycles. The molecule has 0 spiro atoms. The molecular formula is C14H10N3O6-. The van der Waals surface area contributed by atoms with Crippen LogP contribution in [-0.4, -0.2) is 23.2 Å². The number of nitro benzene ring substituents is 2. The lowest BCUT2D eigenvalue weighted by atomic mass is 10.2. The smallest absolute Gasteiger partial charge is 0.298 e. The fraction of sp³-hybridized carbons (Fsp3) is 0.0714. The molecule has 0 aromatic heterocycles. The van der Waals surface area contributed by atoms with Gasteiger partial charge in [-0.05, 0) is 17.7 Å². The van der Waals surface area contributed by atoms with Gasteiger partial charge in [-0.2, -0.15) is 0 Å². The summed E-state index contributed by atoms with van der Waals surface area (Å²) in [5.74, 6) is -0.189. The van der Waals surface area contributed by atoms with Gasteiger partial charge in [0.15, 0.2) is 0 Å².